The Labute approximate surface area is 113 Å². The van der Waals surface area contributed by atoms with Gasteiger partial charge in [0.05, 0.1) is 11.4 Å². The normalized spacial score (nSPS) is 9.47. The first-order valence-corrected chi connectivity index (χ1v) is 6.04. The van der Waals surface area contributed by atoms with Crippen LogP contribution in [-0.4, -0.2) is 22.0 Å². The van der Waals surface area contributed by atoms with Crippen molar-refractivity contribution in [3.8, 4) is 11.3 Å². The Kier molecular flexibility index (Phi) is 5.18. The summed E-state index contributed by atoms with van der Waals surface area (Å²) in [6.45, 7) is 6.89. The van der Waals surface area contributed by atoms with E-state index < -0.39 is 0 Å². The average molecular weight is 258 g/mol. The Morgan fingerprint density at radius 3 is 2.21 bits per heavy atom. The molecule has 0 saturated carbocycles. The zero-order valence-corrected chi connectivity index (χ0v) is 11.7. The first kappa shape index (κ1) is 14.8. The number of carbonyl (C=O) groups excluding carboxylic acids is 2. The smallest absolute Gasteiger partial charge is 0.244 e. The largest absolute Gasteiger partial charge is 0.304 e. The highest BCUT2D eigenvalue weighted by Gasteiger charge is 2.10. The maximum absolute atomic E-state index is 11.4. The molecular weight excluding hydrogens is 240 g/mol. The van der Waals surface area contributed by atoms with Gasteiger partial charge in [-0.2, -0.15) is 5.10 Å². The molecule has 0 unspecified atom stereocenters. The van der Waals surface area contributed by atoms with Crippen molar-refractivity contribution in [3.05, 3.63) is 41.6 Å². The fourth-order valence-electron chi connectivity index (χ4n) is 1.67. The van der Waals surface area contributed by atoms with Crippen molar-refractivity contribution in [2.75, 3.05) is 0 Å². The summed E-state index contributed by atoms with van der Waals surface area (Å²) < 4.78 is 1.44. The molecule has 0 radical (unpaired) electrons. The highest BCUT2D eigenvalue weighted by Crippen LogP contribution is 2.20. The molecule has 0 saturated heterocycles. The molecule has 4 heteroatoms. The van der Waals surface area contributed by atoms with Gasteiger partial charge in [-0.05, 0) is 26.8 Å². The van der Waals surface area contributed by atoms with Crippen LogP contribution in [0, 0.1) is 13.8 Å². The molecular formula is C15H18N2O2. The van der Waals surface area contributed by atoms with Crippen molar-refractivity contribution in [2.45, 2.75) is 27.7 Å². The lowest BCUT2D eigenvalue weighted by molar-refractivity contribution is -0.106. The quantitative estimate of drug-likeness (QED) is 0.739. The highest BCUT2D eigenvalue weighted by atomic mass is 16.2. The molecule has 0 spiro atoms. The number of rotatable bonds is 1. The minimum absolute atomic E-state index is 0.0660. The van der Waals surface area contributed by atoms with E-state index in [1.54, 1.807) is 0 Å². The molecule has 0 aliphatic rings. The van der Waals surface area contributed by atoms with Crippen LogP contribution in [0.3, 0.4) is 0 Å². The molecule has 2 rings (SSSR count). The van der Waals surface area contributed by atoms with Crippen LogP contribution in [0.15, 0.2) is 30.3 Å². The van der Waals surface area contributed by atoms with Gasteiger partial charge >= 0.3 is 0 Å². The molecule has 0 aliphatic carbocycles. The predicted molar refractivity (Wildman–Crippen MR) is 75.2 cm³/mol. The lowest BCUT2D eigenvalue weighted by atomic mass is 10.1. The molecule has 1 aromatic carbocycles. The molecule has 0 amide bonds. The van der Waals surface area contributed by atoms with Gasteiger partial charge in [0.15, 0.2) is 0 Å². The Bertz CT molecular complexity index is 568. The summed E-state index contributed by atoms with van der Waals surface area (Å²) in [5, 5.41) is 4.18. The fourth-order valence-corrected chi connectivity index (χ4v) is 1.67. The Hall–Kier alpha value is -2.23. The number of hydrogen-bond donors (Lipinski definition) is 0. The molecule has 19 heavy (non-hydrogen) atoms. The topological polar surface area (TPSA) is 52.0 Å². The minimum atomic E-state index is -0.0660. The second kappa shape index (κ2) is 6.64. The molecule has 1 aromatic heterocycles. The number of aldehydes is 1. The summed E-state index contributed by atoms with van der Waals surface area (Å²) in [4.78, 5) is 20.2. The van der Waals surface area contributed by atoms with Crippen molar-refractivity contribution in [1.29, 1.82) is 0 Å². The average Bonchev–Trinajstić information content (AvgIpc) is 2.73. The van der Waals surface area contributed by atoms with Crippen LogP contribution in [-0.2, 0) is 4.79 Å². The van der Waals surface area contributed by atoms with Gasteiger partial charge in [-0.25, -0.2) is 4.68 Å². The van der Waals surface area contributed by atoms with Crippen LogP contribution in [0.5, 0.6) is 0 Å². The van der Waals surface area contributed by atoms with Crippen molar-refractivity contribution in [1.82, 2.24) is 9.78 Å². The number of carbonyl (C=O) groups is 2. The van der Waals surface area contributed by atoms with E-state index in [1.807, 2.05) is 44.2 Å². The Morgan fingerprint density at radius 1 is 1.21 bits per heavy atom. The van der Waals surface area contributed by atoms with E-state index in [9.17, 15) is 4.79 Å². The second-order valence-electron chi connectivity index (χ2n) is 4.20. The number of aromatic nitrogens is 2. The summed E-state index contributed by atoms with van der Waals surface area (Å²) >= 11 is 0. The van der Waals surface area contributed by atoms with E-state index in [2.05, 4.69) is 5.10 Å². The van der Waals surface area contributed by atoms with E-state index in [0.717, 1.165) is 23.2 Å². The summed E-state index contributed by atoms with van der Waals surface area (Å²) in [5.41, 5.74) is 3.92. The minimum Gasteiger partial charge on any atom is -0.304 e. The number of aryl methyl sites for hydroxylation is 2. The van der Waals surface area contributed by atoms with Crippen molar-refractivity contribution in [2.24, 2.45) is 0 Å². The van der Waals surface area contributed by atoms with Crippen LogP contribution in [0.25, 0.3) is 11.3 Å². The third-order valence-electron chi connectivity index (χ3n) is 2.48. The molecule has 2 aromatic rings. The fraction of sp³-hybridized carbons (Fsp3) is 0.267. The van der Waals surface area contributed by atoms with Crippen LogP contribution in [0.2, 0.25) is 0 Å². The number of nitrogens with zero attached hydrogens (tertiary/aromatic N) is 2. The van der Waals surface area contributed by atoms with E-state index in [1.165, 1.54) is 24.1 Å². The van der Waals surface area contributed by atoms with Crippen LogP contribution in [0.1, 0.15) is 29.9 Å². The van der Waals surface area contributed by atoms with E-state index in [-0.39, 0.29) is 5.91 Å². The first-order valence-electron chi connectivity index (χ1n) is 6.04. The zero-order chi connectivity index (χ0) is 14.4. The molecule has 1 heterocycles. The molecule has 0 aliphatic heterocycles. The zero-order valence-electron chi connectivity index (χ0n) is 11.7. The van der Waals surface area contributed by atoms with Crippen LogP contribution < -0.4 is 0 Å². The molecule has 4 nitrogen and oxygen atoms in total. The summed E-state index contributed by atoms with van der Waals surface area (Å²) in [7, 11) is 0. The lowest BCUT2D eigenvalue weighted by Gasteiger charge is -2.03. The van der Waals surface area contributed by atoms with Crippen molar-refractivity contribution < 1.29 is 9.59 Å². The highest BCUT2D eigenvalue weighted by molar-refractivity contribution is 5.81. The molecule has 100 valence electrons. The van der Waals surface area contributed by atoms with Gasteiger partial charge in [-0.3, -0.25) is 4.79 Å². The standard InChI is InChI=1S/C13H14N2O.C2H4O/c1-9-4-6-12(7-5-9)13-8-10(2)14-15(13)11(3)16;1-2-3/h4-8H,1-3H3;2H,1H3. The summed E-state index contributed by atoms with van der Waals surface area (Å²) in [6.07, 6.45) is 0.750. The summed E-state index contributed by atoms with van der Waals surface area (Å²) in [5.74, 6) is -0.0660. The third-order valence-corrected chi connectivity index (χ3v) is 2.48. The van der Waals surface area contributed by atoms with E-state index in [4.69, 9.17) is 4.79 Å². The van der Waals surface area contributed by atoms with Gasteiger partial charge < -0.3 is 4.79 Å². The SMILES string of the molecule is CC(=O)n1nc(C)cc1-c1ccc(C)cc1.CC=O. The predicted octanol–water partition coefficient (Wildman–Crippen LogP) is 3.03. The summed E-state index contributed by atoms with van der Waals surface area (Å²) in [6, 6.07) is 9.99. The monoisotopic (exact) mass is 258 g/mol. The van der Waals surface area contributed by atoms with Crippen LogP contribution in [0.4, 0.5) is 0 Å². The molecule has 0 bridgehead atoms. The van der Waals surface area contributed by atoms with Gasteiger partial charge in [0.2, 0.25) is 5.91 Å². The molecule has 0 fully saturated rings. The van der Waals surface area contributed by atoms with E-state index in [0.29, 0.717) is 0 Å². The van der Waals surface area contributed by atoms with Crippen molar-refractivity contribution in [3.63, 3.8) is 0 Å². The van der Waals surface area contributed by atoms with Gasteiger partial charge in [0.25, 0.3) is 0 Å². The Balaban J connectivity index is 0.000000550. The van der Waals surface area contributed by atoms with E-state index >= 15 is 0 Å². The van der Waals surface area contributed by atoms with Crippen molar-refractivity contribution >= 4 is 12.2 Å². The Morgan fingerprint density at radius 2 is 1.74 bits per heavy atom. The van der Waals surface area contributed by atoms with Gasteiger partial charge in [0.1, 0.15) is 6.29 Å². The number of benzene rings is 1. The second-order valence-corrected chi connectivity index (χ2v) is 4.20. The lowest BCUT2D eigenvalue weighted by Crippen LogP contribution is -2.09. The van der Waals surface area contributed by atoms with Gasteiger partial charge in [-0.15, -0.1) is 0 Å². The van der Waals surface area contributed by atoms with Gasteiger partial charge in [-0.1, -0.05) is 29.8 Å². The molecule has 0 atom stereocenters. The maximum atomic E-state index is 11.4. The molecule has 0 N–H and O–H groups in total. The van der Waals surface area contributed by atoms with Gasteiger partial charge in [0, 0.05) is 12.5 Å². The van der Waals surface area contributed by atoms with Crippen LogP contribution >= 0.6 is 0 Å². The number of hydrogen-bond acceptors (Lipinski definition) is 3. The maximum Gasteiger partial charge on any atom is 0.244 e. The third kappa shape index (κ3) is 3.88. The first-order chi connectivity index (χ1) is 8.99.